The molecule has 0 fully saturated rings. The summed E-state index contributed by atoms with van der Waals surface area (Å²) in [7, 11) is 1.75. The number of rotatable bonds is 8. The van der Waals surface area contributed by atoms with Crippen molar-refractivity contribution in [2.24, 2.45) is 0 Å². The highest BCUT2D eigenvalue weighted by atomic mass is 16.5. The Morgan fingerprint density at radius 2 is 2.00 bits per heavy atom. The van der Waals surface area contributed by atoms with Gasteiger partial charge < -0.3 is 10.1 Å². The van der Waals surface area contributed by atoms with Gasteiger partial charge in [-0.25, -0.2) is 0 Å². The monoisotopic (exact) mass is 249 g/mol. The van der Waals surface area contributed by atoms with Crippen LogP contribution >= 0.6 is 0 Å². The highest BCUT2D eigenvalue weighted by Gasteiger charge is 2.09. The SMILES string of the molecule is CCCC(CCc1cc(C)ccc1OC)NCC. The maximum atomic E-state index is 5.43. The zero-order chi connectivity index (χ0) is 13.4. The minimum absolute atomic E-state index is 0.630. The Hall–Kier alpha value is -1.02. The molecule has 2 nitrogen and oxygen atoms in total. The van der Waals surface area contributed by atoms with Gasteiger partial charge in [-0.15, -0.1) is 0 Å². The third kappa shape index (κ3) is 4.69. The lowest BCUT2D eigenvalue weighted by molar-refractivity contribution is 0.404. The van der Waals surface area contributed by atoms with E-state index in [0.717, 1.165) is 18.7 Å². The maximum Gasteiger partial charge on any atom is 0.122 e. The Labute approximate surface area is 112 Å². The van der Waals surface area contributed by atoms with Crippen LogP contribution in [0.1, 0.15) is 44.2 Å². The van der Waals surface area contributed by atoms with Crippen molar-refractivity contribution in [1.82, 2.24) is 5.32 Å². The number of hydrogen-bond donors (Lipinski definition) is 1. The summed E-state index contributed by atoms with van der Waals surface area (Å²) in [6.45, 7) is 7.61. The first-order chi connectivity index (χ1) is 8.71. The average Bonchev–Trinajstić information content (AvgIpc) is 2.36. The molecule has 1 atom stereocenters. The molecule has 0 amide bonds. The number of benzene rings is 1. The van der Waals surface area contributed by atoms with Crippen molar-refractivity contribution in [2.75, 3.05) is 13.7 Å². The molecule has 1 aromatic rings. The molecule has 0 aromatic heterocycles. The van der Waals surface area contributed by atoms with Crippen molar-refractivity contribution in [3.8, 4) is 5.75 Å². The van der Waals surface area contributed by atoms with Crippen LogP contribution in [0.25, 0.3) is 0 Å². The van der Waals surface area contributed by atoms with Gasteiger partial charge in [-0.3, -0.25) is 0 Å². The van der Waals surface area contributed by atoms with Crippen LogP contribution in [0.5, 0.6) is 5.75 Å². The van der Waals surface area contributed by atoms with Gasteiger partial charge >= 0.3 is 0 Å². The molecule has 0 saturated heterocycles. The molecule has 1 aromatic carbocycles. The fourth-order valence-electron chi connectivity index (χ4n) is 2.42. The fourth-order valence-corrected chi connectivity index (χ4v) is 2.42. The van der Waals surface area contributed by atoms with E-state index in [0.29, 0.717) is 6.04 Å². The summed E-state index contributed by atoms with van der Waals surface area (Å²) in [6.07, 6.45) is 4.76. The molecule has 0 aliphatic heterocycles. The zero-order valence-corrected chi connectivity index (χ0v) is 12.3. The van der Waals surface area contributed by atoms with Crippen LogP contribution in [-0.2, 0) is 6.42 Å². The molecule has 102 valence electrons. The van der Waals surface area contributed by atoms with Crippen LogP contribution in [-0.4, -0.2) is 19.7 Å². The smallest absolute Gasteiger partial charge is 0.122 e. The Morgan fingerprint density at radius 1 is 1.22 bits per heavy atom. The largest absolute Gasteiger partial charge is 0.496 e. The summed E-state index contributed by atoms with van der Waals surface area (Å²) >= 11 is 0. The van der Waals surface area contributed by atoms with E-state index in [1.807, 2.05) is 0 Å². The lowest BCUT2D eigenvalue weighted by atomic mass is 10.00. The molecule has 2 heteroatoms. The number of nitrogens with one attached hydrogen (secondary N) is 1. The highest BCUT2D eigenvalue weighted by molar-refractivity contribution is 5.36. The topological polar surface area (TPSA) is 21.3 Å². The summed E-state index contributed by atoms with van der Waals surface area (Å²) in [5.74, 6) is 1.02. The number of hydrogen-bond acceptors (Lipinski definition) is 2. The first-order valence-corrected chi connectivity index (χ1v) is 7.08. The predicted molar refractivity (Wildman–Crippen MR) is 78.4 cm³/mol. The normalized spacial score (nSPS) is 12.4. The predicted octanol–water partition coefficient (Wildman–Crippen LogP) is 3.71. The van der Waals surface area contributed by atoms with Crippen LogP contribution in [0, 0.1) is 6.92 Å². The molecule has 1 rings (SSSR count). The lowest BCUT2D eigenvalue weighted by Gasteiger charge is -2.18. The number of aryl methyl sites for hydroxylation is 2. The number of methoxy groups -OCH3 is 1. The van der Waals surface area contributed by atoms with E-state index in [2.05, 4.69) is 44.3 Å². The second kappa shape index (κ2) is 8.15. The molecule has 0 heterocycles. The zero-order valence-electron chi connectivity index (χ0n) is 12.3. The van der Waals surface area contributed by atoms with Gasteiger partial charge in [0.1, 0.15) is 5.75 Å². The van der Waals surface area contributed by atoms with Gasteiger partial charge in [0.25, 0.3) is 0 Å². The highest BCUT2D eigenvalue weighted by Crippen LogP contribution is 2.22. The Morgan fingerprint density at radius 3 is 2.61 bits per heavy atom. The molecule has 0 spiro atoms. The van der Waals surface area contributed by atoms with Crippen LogP contribution in [0.2, 0.25) is 0 Å². The third-order valence-electron chi connectivity index (χ3n) is 3.33. The van der Waals surface area contributed by atoms with Crippen LogP contribution in [0.3, 0.4) is 0 Å². The van der Waals surface area contributed by atoms with Crippen LogP contribution in [0.15, 0.2) is 18.2 Å². The first-order valence-electron chi connectivity index (χ1n) is 7.08. The summed E-state index contributed by atoms with van der Waals surface area (Å²) in [6, 6.07) is 7.06. The summed E-state index contributed by atoms with van der Waals surface area (Å²) in [5, 5.41) is 3.57. The van der Waals surface area contributed by atoms with Gasteiger partial charge in [-0.1, -0.05) is 38.0 Å². The van der Waals surface area contributed by atoms with E-state index in [4.69, 9.17) is 4.74 Å². The molecule has 0 saturated carbocycles. The standard InChI is InChI=1S/C16H27NO/c1-5-7-15(17-6-2)10-9-14-12-13(3)8-11-16(14)18-4/h8,11-12,15,17H,5-7,9-10H2,1-4H3. The van der Waals surface area contributed by atoms with E-state index >= 15 is 0 Å². The van der Waals surface area contributed by atoms with E-state index in [-0.39, 0.29) is 0 Å². The van der Waals surface area contributed by atoms with Crippen molar-refractivity contribution in [1.29, 1.82) is 0 Å². The molecular formula is C16H27NO. The summed E-state index contributed by atoms with van der Waals surface area (Å²) in [5.41, 5.74) is 2.64. The second-order valence-electron chi connectivity index (χ2n) is 4.90. The fraction of sp³-hybridized carbons (Fsp3) is 0.625. The van der Waals surface area contributed by atoms with Crippen molar-refractivity contribution in [3.63, 3.8) is 0 Å². The third-order valence-corrected chi connectivity index (χ3v) is 3.33. The Balaban J connectivity index is 2.62. The van der Waals surface area contributed by atoms with E-state index < -0.39 is 0 Å². The average molecular weight is 249 g/mol. The maximum absolute atomic E-state index is 5.43. The van der Waals surface area contributed by atoms with Gasteiger partial charge in [0.05, 0.1) is 7.11 Å². The molecule has 0 aliphatic rings. The van der Waals surface area contributed by atoms with Gasteiger partial charge in [-0.05, 0) is 44.4 Å². The van der Waals surface area contributed by atoms with Crippen molar-refractivity contribution in [2.45, 2.75) is 52.5 Å². The van der Waals surface area contributed by atoms with Crippen molar-refractivity contribution < 1.29 is 4.74 Å². The Bertz CT molecular complexity index is 343. The molecule has 0 aliphatic carbocycles. The quantitative estimate of drug-likeness (QED) is 0.758. The number of ether oxygens (including phenoxy) is 1. The molecule has 1 N–H and O–H groups in total. The second-order valence-corrected chi connectivity index (χ2v) is 4.90. The van der Waals surface area contributed by atoms with Crippen molar-refractivity contribution >= 4 is 0 Å². The van der Waals surface area contributed by atoms with Crippen molar-refractivity contribution in [3.05, 3.63) is 29.3 Å². The molecule has 18 heavy (non-hydrogen) atoms. The minimum Gasteiger partial charge on any atom is -0.496 e. The summed E-state index contributed by atoms with van der Waals surface area (Å²) < 4.78 is 5.43. The molecule has 0 bridgehead atoms. The van der Waals surface area contributed by atoms with E-state index in [9.17, 15) is 0 Å². The molecule has 0 radical (unpaired) electrons. The van der Waals surface area contributed by atoms with Crippen LogP contribution in [0.4, 0.5) is 0 Å². The van der Waals surface area contributed by atoms with Gasteiger partial charge in [0.2, 0.25) is 0 Å². The van der Waals surface area contributed by atoms with Gasteiger partial charge in [-0.2, -0.15) is 0 Å². The Kier molecular flexibility index (Phi) is 6.81. The molecular weight excluding hydrogens is 222 g/mol. The van der Waals surface area contributed by atoms with E-state index in [1.54, 1.807) is 7.11 Å². The van der Waals surface area contributed by atoms with Gasteiger partial charge in [0.15, 0.2) is 0 Å². The minimum atomic E-state index is 0.630. The van der Waals surface area contributed by atoms with Gasteiger partial charge in [0, 0.05) is 6.04 Å². The van der Waals surface area contributed by atoms with Crippen LogP contribution < -0.4 is 10.1 Å². The van der Waals surface area contributed by atoms with E-state index in [1.165, 1.54) is 30.4 Å². The first kappa shape index (κ1) is 15.0. The molecule has 1 unspecified atom stereocenters. The lowest BCUT2D eigenvalue weighted by Crippen LogP contribution is -2.29. The summed E-state index contributed by atoms with van der Waals surface area (Å²) in [4.78, 5) is 0.